The minimum absolute atomic E-state index is 0.0865. The van der Waals surface area contributed by atoms with Gasteiger partial charge in [-0.05, 0) is 36.8 Å². The molecule has 1 aromatic carbocycles. The van der Waals surface area contributed by atoms with Crippen LogP contribution in [-0.4, -0.2) is 29.4 Å². The molecule has 0 aromatic heterocycles. The Bertz CT molecular complexity index is 473. The van der Waals surface area contributed by atoms with Crippen LogP contribution in [0.5, 0.6) is 0 Å². The van der Waals surface area contributed by atoms with E-state index >= 15 is 0 Å². The summed E-state index contributed by atoms with van der Waals surface area (Å²) in [5.41, 5.74) is 8.18. The zero-order valence-corrected chi connectivity index (χ0v) is 10.9. The monoisotopic (exact) mass is 244 g/mol. The lowest BCUT2D eigenvalue weighted by Crippen LogP contribution is -2.69. The highest BCUT2D eigenvalue weighted by atomic mass is 16.2. The van der Waals surface area contributed by atoms with E-state index < -0.39 is 0 Å². The van der Waals surface area contributed by atoms with Crippen molar-refractivity contribution in [2.24, 2.45) is 11.7 Å². The van der Waals surface area contributed by atoms with Crippen LogP contribution in [0.15, 0.2) is 24.3 Å². The summed E-state index contributed by atoms with van der Waals surface area (Å²) in [5.74, 6) is 0.803. The molecule has 18 heavy (non-hydrogen) atoms. The van der Waals surface area contributed by atoms with Gasteiger partial charge < -0.3 is 10.6 Å². The molecule has 1 saturated heterocycles. The van der Waals surface area contributed by atoms with Crippen LogP contribution in [0.4, 0.5) is 0 Å². The standard InChI is InChI=1S/C15H20N2O/c1-2-11-5-3-4-6-13(11)14(18)17-9-15(16,10-17)12-7-8-12/h3-6,12H,2,7-10,16H2,1H3. The van der Waals surface area contributed by atoms with Crippen LogP contribution >= 0.6 is 0 Å². The summed E-state index contributed by atoms with van der Waals surface area (Å²) in [6, 6.07) is 7.88. The summed E-state index contributed by atoms with van der Waals surface area (Å²) in [6.45, 7) is 3.54. The van der Waals surface area contributed by atoms with Gasteiger partial charge in [0.05, 0.1) is 5.54 Å². The lowest BCUT2D eigenvalue weighted by molar-refractivity contribution is 0.0349. The summed E-state index contributed by atoms with van der Waals surface area (Å²) < 4.78 is 0. The summed E-state index contributed by atoms with van der Waals surface area (Å²) in [6.07, 6.45) is 3.38. The third-order valence-electron chi connectivity index (χ3n) is 4.28. The molecule has 2 N–H and O–H groups in total. The molecule has 2 fully saturated rings. The molecule has 2 aliphatic rings. The van der Waals surface area contributed by atoms with Gasteiger partial charge in [-0.1, -0.05) is 25.1 Å². The highest BCUT2D eigenvalue weighted by Gasteiger charge is 2.51. The van der Waals surface area contributed by atoms with Crippen LogP contribution in [0.2, 0.25) is 0 Å². The van der Waals surface area contributed by atoms with Crippen LogP contribution in [0.3, 0.4) is 0 Å². The number of rotatable bonds is 3. The first-order chi connectivity index (χ1) is 8.64. The average Bonchev–Trinajstić information content (AvgIpc) is 3.18. The number of nitrogens with two attached hydrogens (primary N) is 1. The molecule has 96 valence electrons. The first kappa shape index (κ1) is 11.7. The highest BCUT2D eigenvalue weighted by Crippen LogP contribution is 2.43. The number of amides is 1. The fourth-order valence-corrected chi connectivity index (χ4v) is 2.93. The molecule has 0 spiro atoms. The van der Waals surface area contributed by atoms with Crippen molar-refractivity contribution in [1.29, 1.82) is 0 Å². The molecule has 1 aromatic rings. The van der Waals surface area contributed by atoms with Crippen LogP contribution < -0.4 is 5.73 Å². The Balaban J connectivity index is 1.72. The quantitative estimate of drug-likeness (QED) is 0.881. The number of hydrogen-bond donors (Lipinski definition) is 1. The summed E-state index contributed by atoms with van der Waals surface area (Å²) in [7, 11) is 0. The van der Waals surface area contributed by atoms with Crippen molar-refractivity contribution in [2.45, 2.75) is 31.7 Å². The SMILES string of the molecule is CCc1ccccc1C(=O)N1CC(N)(C2CC2)C1. The predicted molar refractivity (Wildman–Crippen MR) is 71.4 cm³/mol. The molecule has 1 aliphatic carbocycles. The van der Waals surface area contributed by atoms with Gasteiger partial charge in [0.1, 0.15) is 0 Å². The van der Waals surface area contributed by atoms with E-state index in [-0.39, 0.29) is 11.4 Å². The van der Waals surface area contributed by atoms with Crippen LogP contribution in [0.1, 0.15) is 35.7 Å². The highest BCUT2D eigenvalue weighted by molar-refractivity contribution is 5.96. The summed E-state index contributed by atoms with van der Waals surface area (Å²) in [4.78, 5) is 14.3. The molecule has 3 rings (SSSR count). The minimum atomic E-state index is -0.0865. The number of aryl methyl sites for hydroxylation is 1. The molecule has 1 saturated carbocycles. The zero-order valence-electron chi connectivity index (χ0n) is 10.9. The first-order valence-electron chi connectivity index (χ1n) is 6.80. The van der Waals surface area contributed by atoms with E-state index in [2.05, 4.69) is 6.92 Å². The Labute approximate surface area is 108 Å². The number of carbonyl (C=O) groups excluding carboxylic acids is 1. The van der Waals surface area contributed by atoms with Gasteiger partial charge in [-0.2, -0.15) is 0 Å². The molecular weight excluding hydrogens is 224 g/mol. The van der Waals surface area contributed by atoms with E-state index in [1.54, 1.807) is 0 Å². The Hall–Kier alpha value is -1.35. The lowest BCUT2D eigenvalue weighted by atomic mass is 9.85. The maximum absolute atomic E-state index is 12.4. The van der Waals surface area contributed by atoms with Crippen molar-refractivity contribution in [2.75, 3.05) is 13.1 Å². The molecule has 3 nitrogen and oxygen atoms in total. The Morgan fingerprint density at radius 3 is 2.67 bits per heavy atom. The predicted octanol–water partition coefficient (Wildman–Crippen LogP) is 1.81. The van der Waals surface area contributed by atoms with Gasteiger partial charge >= 0.3 is 0 Å². The van der Waals surface area contributed by atoms with E-state index in [9.17, 15) is 4.79 Å². The van der Waals surface area contributed by atoms with E-state index in [0.29, 0.717) is 5.92 Å². The van der Waals surface area contributed by atoms with Gasteiger partial charge in [0.2, 0.25) is 0 Å². The smallest absolute Gasteiger partial charge is 0.254 e. The fourth-order valence-electron chi connectivity index (χ4n) is 2.93. The molecule has 0 radical (unpaired) electrons. The second-order valence-electron chi connectivity index (χ2n) is 5.68. The molecule has 1 amide bonds. The second-order valence-corrected chi connectivity index (χ2v) is 5.68. The first-order valence-corrected chi connectivity index (χ1v) is 6.80. The number of benzene rings is 1. The van der Waals surface area contributed by atoms with E-state index in [1.807, 2.05) is 29.2 Å². The molecule has 1 heterocycles. The number of carbonyl (C=O) groups is 1. The van der Waals surface area contributed by atoms with Crippen molar-refractivity contribution in [1.82, 2.24) is 4.90 Å². The normalized spacial score (nSPS) is 21.6. The van der Waals surface area contributed by atoms with Gasteiger partial charge in [-0.3, -0.25) is 4.79 Å². The molecule has 0 atom stereocenters. The average molecular weight is 244 g/mol. The lowest BCUT2D eigenvalue weighted by Gasteiger charge is -2.48. The van der Waals surface area contributed by atoms with E-state index in [0.717, 1.165) is 30.6 Å². The van der Waals surface area contributed by atoms with Gasteiger partial charge in [-0.25, -0.2) is 0 Å². The Morgan fingerprint density at radius 1 is 1.39 bits per heavy atom. The van der Waals surface area contributed by atoms with Crippen molar-refractivity contribution in [3.05, 3.63) is 35.4 Å². The fraction of sp³-hybridized carbons (Fsp3) is 0.533. The summed E-state index contributed by atoms with van der Waals surface area (Å²) in [5, 5.41) is 0. The van der Waals surface area contributed by atoms with Gasteiger partial charge in [0, 0.05) is 18.7 Å². The minimum Gasteiger partial charge on any atom is -0.335 e. The van der Waals surface area contributed by atoms with Crippen molar-refractivity contribution >= 4 is 5.91 Å². The van der Waals surface area contributed by atoms with Crippen LogP contribution in [0.25, 0.3) is 0 Å². The maximum atomic E-state index is 12.4. The van der Waals surface area contributed by atoms with E-state index in [1.165, 1.54) is 12.8 Å². The van der Waals surface area contributed by atoms with Crippen molar-refractivity contribution in [3.8, 4) is 0 Å². The largest absolute Gasteiger partial charge is 0.335 e. The maximum Gasteiger partial charge on any atom is 0.254 e. The van der Waals surface area contributed by atoms with Crippen LogP contribution in [0, 0.1) is 5.92 Å². The second kappa shape index (κ2) is 4.09. The van der Waals surface area contributed by atoms with E-state index in [4.69, 9.17) is 5.73 Å². The van der Waals surface area contributed by atoms with Gasteiger partial charge in [0.25, 0.3) is 5.91 Å². The molecule has 3 heteroatoms. The van der Waals surface area contributed by atoms with Gasteiger partial charge in [-0.15, -0.1) is 0 Å². The zero-order chi connectivity index (χ0) is 12.8. The van der Waals surface area contributed by atoms with Crippen molar-refractivity contribution in [3.63, 3.8) is 0 Å². The summed E-state index contributed by atoms with van der Waals surface area (Å²) >= 11 is 0. The van der Waals surface area contributed by atoms with Crippen LogP contribution in [-0.2, 0) is 6.42 Å². The Morgan fingerprint density at radius 2 is 2.06 bits per heavy atom. The molecule has 0 bridgehead atoms. The third-order valence-corrected chi connectivity index (χ3v) is 4.28. The molecule has 1 aliphatic heterocycles. The van der Waals surface area contributed by atoms with Crippen molar-refractivity contribution < 1.29 is 4.79 Å². The Kier molecular flexibility index (Phi) is 2.67. The number of hydrogen-bond acceptors (Lipinski definition) is 2. The molecular formula is C15H20N2O. The number of nitrogens with zero attached hydrogens (tertiary/aromatic N) is 1. The third kappa shape index (κ3) is 1.83. The van der Waals surface area contributed by atoms with Gasteiger partial charge in [0.15, 0.2) is 0 Å². The topological polar surface area (TPSA) is 46.3 Å². The molecule has 0 unspecified atom stereocenters. The number of likely N-dealkylation sites (tertiary alicyclic amines) is 1.